The van der Waals surface area contributed by atoms with Crippen molar-refractivity contribution in [2.75, 3.05) is 24.6 Å². The number of allylic oxidation sites excluding steroid dienone is 1. The molecule has 2 aliphatic rings. The number of hydrogen-bond acceptors (Lipinski definition) is 6. The van der Waals surface area contributed by atoms with E-state index in [9.17, 15) is 14.4 Å². The predicted molar refractivity (Wildman–Crippen MR) is 126 cm³/mol. The van der Waals surface area contributed by atoms with E-state index in [2.05, 4.69) is 50.8 Å². The van der Waals surface area contributed by atoms with Crippen LogP contribution in [0.3, 0.4) is 0 Å². The number of benzene rings is 1. The predicted octanol–water partition coefficient (Wildman–Crippen LogP) is 5.01. The summed E-state index contributed by atoms with van der Waals surface area (Å²) in [5, 5.41) is -0.452. The zero-order valence-electron chi connectivity index (χ0n) is 19.1. The highest BCUT2D eigenvalue weighted by molar-refractivity contribution is 8.18. The van der Waals surface area contributed by atoms with Crippen molar-refractivity contribution in [1.82, 2.24) is 4.90 Å². The number of aryl methyl sites for hydroxylation is 1. The number of rotatable bonds is 6. The second kappa shape index (κ2) is 8.91. The average molecular weight is 443 g/mol. The standard InChI is InChI=1S/C24H30N2O4S/c1-7-9-26-19-10-15(3)17(11-18(19)16(4)13-24(26,5)6)12-20-22(28)25(23(29)31-20)14-21(27)30-8-2/h10-13H,7-9,14H2,1-6H3/b20-12-. The summed E-state index contributed by atoms with van der Waals surface area (Å²) >= 11 is 0.858. The fourth-order valence-electron chi connectivity index (χ4n) is 4.15. The number of thioether (sulfide) groups is 1. The van der Waals surface area contributed by atoms with Crippen LogP contribution in [0.25, 0.3) is 11.6 Å². The van der Waals surface area contributed by atoms with E-state index < -0.39 is 17.1 Å². The van der Waals surface area contributed by atoms with Crippen LogP contribution in [0.4, 0.5) is 10.5 Å². The molecule has 0 saturated carbocycles. The van der Waals surface area contributed by atoms with Crippen LogP contribution in [-0.4, -0.2) is 47.3 Å². The monoisotopic (exact) mass is 442 g/mol. The number of nitrogens with zero attached hydrogens (tertiary/aromatic N) is 2. The number of hydrogen-bond donors (Lipinski definition) is 0. The van der Waals surface area contributed by atoms with E-state index in [4.69, 9.17) is 4.74 Å². The van der Waals surface area contributed by atoms with Gasteiger partial charge in [0.1, 0.15) is 6.54 Å². The second-order valence-corrected chi connectivity index (χ2v) is 9.42. The van der Waals surface area contributed by atoms with Crippen LogP contribution in [0.5, 0.6) is 0 Å². The number of carbonyl (C=O) groups excluding carboxylic acids is 3. The molecule has 6 nitrogen and oxygen atoms in total. The first kappa shape index (κ1) is 23.1. The van der Waals surface area contributed by atoms with Crippen LogP contribution in [0.1, 0.15) is 57.7 Å². The summed E-state index contributed by atoms with van der Waals surface area (Å²) in [6, 6.07) is 4.26. The number of ether oxygens (including phenoxy) is 1. The summed E-state index contributed by atoms with van der Waals surface area (Å²) in [4.78, 5) is 40.4. The van der Waals surface area contributed by atoms with E-state index in [1.54, 1.807) is 13.0 Å². The van der Waals surface area contributed by atoms with E-state index >= 15 is 0 Å². The lowest BCUT2D eigenvalue weighted by Crippen LogP contribution is -2.45. The molecule has 2 heterocycles. The van der Waals surface area contributed by atoms with E-state index in [1.165, 1.54) is 11.3 Å². The third-order valence-electron chi connectivity index (χ3n) is 5.57. The van der Waals surface area contributed by atoms with Crippen molar-refractivity contribution in [3.05, 3.63) is 39.8 Å². The highest BCUT2D eigenvalue weighted by atomic mass is 32.2. The van der Waals surface area contributed by atoms with Gasteiger partial charge in [-0.1, -0.05) is 13.0 Å². The molecule has 166 valence electrons. The van der Waals surface area contributed by atoms with Crippen molar-refractivity contribution in [3.8, 4) is 0 Å². The van der Waals surface area contributed by atoms with Crippen LogP contribution < -0.4 is 4.90 Å². The third-order valence-corrected chi connectivity index (χ3v) is 6.47. The van der Waals surface area contributed by atoms with E-state index in [-0.39, 0.29) is 18.7 Å². The highest BCUT2D eigenvalue weighted by Gasteiger charge is 2.37. The molecule has 0 atom stereocenters. The van der Waals surface area contributed by atoms with Crippen LogP contribution in [0, 0.1) is 6.92 Å². The molecule has 0 aromatic heterocycles. The van der Waals surface area contributed by atoms with Gasteiger partial charge in [0.2, 0.25) is 0 Å². The van der Waals surface area contributed by atoms with Gasteiger partial charge in [-0.25, -0.2) is 0 Å². The molecule has 2 aliphatic heterocycles. The first-order chi connectivity index (χ1) is 14.6. The number of esters is 1. The molecular formula is C24H30N2O4S. The molecule has 0 bridgehead atoms. The molecule has 0 spiro atoms. The van der Waals surface area contributed by atoms with Crippen molar-refractivity contribution in [1.29, 1.82) is 0 Å². The Hall–Kier alpha value is -2.54. The van der Waals surface area contributed by atoms with Gasteiger partial charge in [0.25, 0.3) is 11.1 Å². The molecule has 0 radical (unpaired) electrons. The Morgan fingerprint density at radius 2 is 1.90 bits per heavy atom. The molecule has 0 N–H and O–H groups in total. The lowest BCUT2D eigenvalue weighted by atomic mass is 9.86. The smallest absolute Gasteiger partial charge is 0.326 e. The van der Waals surface area contributed by atoms with Crippen LogP contribution in [0.15, 0.2) is 23.1 Å². The van der Waals surface area contributed by atoms with Gasteiger partial charge in [-0.15, -0.1) is 0 Å². The zero-order chi connectivity index (χ0) is 22.9. The number of amides is 2. The minimum absolute atomic E-state index is 0.0726. The van der Waals surface area contributed by atoms with Crippen molar-refractivity contribution in [2.45, 2.75) is 53.5 Å². The highest BCUT2D eigenvalue weighted by Crippen LogP contribution is 2.41. The maximum atomic E-state index is 12.7. The summed E-state index contributed by atoms with van der Waals surface area (Å²) in [5.41, 5.74) is 5.37. The SMILES string of the molecule is CCCN1c2cc(C)c(/C=C3\SC(=O)N(CC(=O)OCC)C3=O)cc2C(C)=CC1(C)C. The molecule has 1 aromatic rings. The van der Waals surface area contributed by atoms with Gasteiger partial charge in [0.15, 0.2) is 0 Å². The maximum Gasteiger partial charge on any atom is 0.326 e. The molecule has 0 aliphatic carbocycles. The van der Waals surface area contributed by atoms with Crippen LogP contribution in [-0.2, 0) is 14.3 Å². The van der Waals surface area contributed by atoms with Gasteiger partial charge >= 0.3 is 5.97 Å². The normalized spacial score (nSPS) is 19.0. The van der Waals surface area contributed by atoms with Gasteiger partial charge in [-0.3, -0.25) is 19.3 Å². The van der Waals surface area contributed by atoms with E-state index in [0.29, 0.717) is 4.91 Å². The molecule has 7 heteroatoms. The number of anilines is 1. The molecule has 1 saturated heterocycles. The van der Waals surface area contributed by atoms with Crippen molar-refractivity contribution in [3.63, 3.8) is 0 Å². The Labute approximate surface area is 188 Å². The van der Waals surface area contributed by atoms with Crippen molar-refractivity contribution >= 4 is 46.2 Å². The Morgan fingerprint density at radius 3 is 2.55 bits per heavy atom. The van der Waals surface area contributed by atoms with Crippen LogP contribution >= 0.6 is 11.8 Å². The first-order valence-electron chi connectivity index (χ1n) is 10.6. The molecule has 31 heavy (non-hydrogen) atoms. The lowest BCUT2D eigenvalue weighted by Gasteiger charge is -2.43. The fourth-order valence-corrected chi connectivity index (χ4v) is 4.97. The van der Waals surface area contributed by atoms with E-state index in [0.717, 1.165) is 46.3 Å². The molecule has 1 aromatic carbocycles. The van der Waals surface area contributed by atoms with Crippen molar-refractivity contribution < 1.29 is 19.1 Å². The maximum absolute atomic E-state index is 12.7. The van der Waals surface area contributed by atoms with Gasteiger partial charge in [-0.05, 0) is 87.7 Å². The Kier molecular flexibility index (Phi) is 6.65. The second-order valence-electron chi connectivity index (χ2n) is 8.43. The lowest BCUT2D eigenvalue weighted by molar-refractivity contribution is -0.145. The quantitative estimate of drug-likeness (QED) is 0.456. The fraction of sp³-hybridized carbons (Fsp3) is 0.458. The van der Waals surface area contributed by atoms with Gasteiger partial charge in [0.05, 0.1) is 17.1 Å². The van der Waals surface area contributed by atoms with Gasteiger partial charge in [0, 0.05) is 17.8 Å². The summed E-state index contributed by atoms with van der Waals surface area (Å²) in [6.45, 7) is 13.2. The minimum Gasteiger partial charge on any atom is -0.465 e. The molecule has 3 rings (SSSR count). The molecule has 1 fully saturated rings. The Balaban J connectivity index is 1.96. The Morgan fingerprint density at radius 1 is 1.19 bits per heavy atom. The number of imide groups is 1. The summed E-state index contributed by atoms with van der Waals surface area (Å²) in [7, 11) is 0. The van der Waals surface area contributed by atoms with Crippen LogP contribution in [0.2, 0.25) is 0 Å². The minimum atomic E-state index is -0.588. The molecular weight excluding hydrogens is 412 g/mol. The third kappa shape index (κ3) is 4.56. The van der Waals surface area contributed by atoms with Gasteiger partial charge < -0.3 is 9.64 Å². The molecule has 2 amide bonds. The topological polar surface area (TPSA) is 66.9 Å². The van der Waals surface area contributed by atoms with Gasteiger partial charge in [-0.2, -0.15) is 0 Å². The average Bonchev–Trinajstić information content (AvgIpc) is 2.93. The Bertz CT molecular complexity index is 994. The number of carbonyl (C=O) groups is 3. The number of fused-ring (bicyclic) bond motifs is 1. The summed E-state index contributed by atoms with van der Waals surface area (Å²) in [5.74, 6) is -1.04. The summed E-state index contributed by atoms with van der Waals surface area (Å²) in [6.07, 6.45) is 5.07. The summed E-state index contributed by atoms with van der Waals surface area (Å²) < 4.78 is 4.87. The molecule has 0 unspecified atom stereocenters. The first-order valence-corrected chi connectivity index (χ1v) is 11.4. The zero-order valence-corrected chi connectivity index (χ0v) is 19.9. The van der Waals surface area contributed by atoms with Crippen molar-refractivity contribution in [2.24, 2.45) is 0 Å². The van der Waals surface area contributed by atoms with E-state index in [1.807, 2.05) is 6.92 Å². The largest absolute Gasteiger partial charge is 0.465 e.